The summed E-state index contributed by atoms with van der Waals surface area (Å²) in [6.45, 7) is 2.86. The number of ether oxygens (including phenoxy) is 2. The molecule has 0 bridgehead atoms. The molecule has 7 nitrogen and oxygen atoms in total. The lowest BCUT2D eigenvalue weighted by atomic mass is 9.96. The number of aryl methyl sites for hydroxylation is 1. The predicted molar refractivity (Wildman–Crippen MR) is 101 cm³/mol. The largest absolute Gasteiger partial charge is 0.480 e. The zero-order valence-electron chi connectivity index (χ0n) is 15.5. The van der Waals surface area contributed by atoms with E-state index in [-0.39, 0.29) is 6.04 Å². The summed E-state index contributed by atoms with van der Waals surface area (Å²) in [5, 5.41) is 5.33. The number of urea groups is 1. The molecule has 0 aliphatic heterocycles. The molecule has 1 aliphatic carbocycles. The lowest BCUT2D eigenvalue weighted by Gasteiger charge is -2.23. The van der Waals surface area contributed by atoms with Crippen molar-refractivity contribution >= 4 is 29.5 Å². The first-order valence-corrected chi connectivity index (χ1v) is 9.42. The predicted octanol–water partition coefficient (Wildman–Crippen LogP) is 3.12. The van der Waals surface area contributed by atoms with E-state index >= 15 is 0 Å². The molecule has 2 rings (SSSR count). The normalized spacial score (nSPS) is 15.5. The number of halogens is 1. The molecule has 0 unspecified atom stereocenters. The second kappa shape index (κ2) is 10.2. The van der Waals surface area contributed by atoms with Crippen molar-refractivity contribution in [3.8, 4) is 5.75 Å². The number of hydrogen-bond acceptors (Lipinski definition) is 5. The van der Waals surface area contributed by atoms with Gasteiger partial charge in [0.15, 0.2) is 12.7 Å². The molecule has 0 radical (unpaired) electrons. The van der Waals surface area contributed by atoms with Gasteiger partial charge in [0, 0.05) is 6.04 Å². The summed E-state index contributed by atoms with van der Waals surface area (Å²) in [6.07, 6.45) is 4.00. The Morgan fingerprint density at radius 2 is 1.93 bits per heavy atom. The number of nitrogens with one attached hydrogen (secondary N) is 2. The lowest BCUT2D eigenvalue weighted by molar-refractivity contribution is -0.156. The Morgan fingerprint density at radius 3 is 2.63 bits per heavy atom. The molecule has 1 atom stereocenters. The standard InChI is InChI=1S/C19H25ClN2O5/c1-12-8-9-15(20)16(10-12)26-11-17(23)27-13(2)18(24)22-19(25)21-14-6-4-3-5-7-14/h8-10,13-14H,3-7,11H2,1-2H3,(H2,21,22,24,25)/t13-/m1/s1. The van der Waals surface area contributed by atoms with E-state index in [1.54, 1.807) is 12.1 Å². The molecule has 27 heavy (non-hydrogen) atoms. The number of rotatable bonds is 6. The summed E-state index contributed by atoms with van der Waals surface area (Å²) in [6, 6.07) is 4.69. The van der Waals surface area contributed by atoms with E-state index in [0.717, 1.165) is 31.2 Å². The molecule has 0 spiro atoms. The first-order chi connectivity index (χ1) is 12.8. The molecule has 0 saturated heterocycles. The van der Waals surface area contributed by atoms with Gasteiger partial charge in [0.1, 0.15) is 5.75 Å². The molecule has 1 aromatic carbocycles. The van der Waals surface area contributed by atoms with Crippen molar-refractivity contribution in [2.45, 2.75) is 58.1 Å². The summed E-state index contributed by atoms with van der Waals surface area (Å²) in [5.74, 6) is -1.06. The van der Waals surface area contributed by atoms with Crippen LogP contribution in [-0.2, 0) is 14.3 Å². The van der Waals surface area contributed by atoms with Gasteiger partial charge in [-0.05, 0) is 44.4 Å². The molecular weight excluding hydrogens is 372 g/mol. The fourth-order valence-corrected chi connectivity index (χ4v) is 3.00. The number of carbonyl (C=O) groups is 3. The van der Waals surface area contributed by atoms with Crippen molar-refractivity contribution < 1.29 is 23.9 Å². The number of amides is 3. The Kier molecular flexibility index (Phi) is 7.91. The summed E-state index contributed by atoms with van der Waals surface area (Å²) < 4.78 is 10.3. The highest BCUT2D eigenvalue weighted by atomic mass is 35.5. The Bertz CT molecular complexity index is 689. The van der Waals surface area contributed by atoms with E-state index in [1.807, 2.05) is 13.0 Å². The van der Waals surface area contributed by atoms with Gasteiger partial charge in [-0.25, -0.2) is 9.59 Å². The van der Waals surface area contributed by atoms with Crippen LogP contribution in [0.4, 0.5) is 4.79 Å². The molecule has 0 aromatic heterocycles. The van der Waals surface area contributed by atoms with Gasteiger partial charge in [-0.3, -0.25) is 10.1 Å². The third-order valence-electron chi connectivity index (χ3n) is 4.29. The lowest BCUT2D eigenvalue weighted by Crippen LogP contribution is -2.48. The monoisotopic (exact) mass is 396 g/mol. The van der Waals surface area contributed by atoms with Crippen LogP contribution in [0.2, 0.25) is 5.02 Å². The van der Waals surface area contributed by atoms with Gasteiger partial charge in [0.2, 0.25) is 0 Å². The van der Waals surface area contributed by atoms with E-state index in [9.17, 15) is 14.4 Å². The average Bonchev–Trinajstić information content (AvgIpc) is 2.63. The van der Waals surface area contributed by atoms with Crippen LogP contribution in [0.1, 0.15) is 44.6 Å². The quantitative estimate of drug-likeness (QED) is 0.720. The van der Waals surface area contributed by atoms with Gasteiger partial charge in [0.25, 0.3) is 5.91 Å². The highest BCUT2D eigenvalue weighted by Gasteiger charge is 2.22. The number of esters is 1. The Balaban J connectivity index is 1.73. The summed E-state index contributed by atoms with van der Waals surface area (Å²) >= 11 is 5.99. The highest BCUT2D eigenvalue weighted by molar-refractivity contribution is 6.32. The van der Waals surface area contributed by atoms with E-state index in [0.29, 0.717) is 10.8 Å². The summed E-state index contributed by atoms with van der Waals surface area (Å²) in [7, 11) is 0. The maximum Gasteiger partial charge on any atom is 0.344 e. The molecule has 8 heteroatoms. The Hall–Kier alpha value is -2.28. The molecule has 2 N–H and O–H groups in total. The number of benzene rings is 1. The van der Waals surface area contributed by atoms with Crippen LogP contribution in [0.15, 0.2) is 18.2 Å². The maximum atomic E-state index is 12.0. The zero-order chi connectivity index (χ0) is 19.8. The number of imide groups is 1. The van der Waals surface area contributed by atoms with Crippen molar-refractivity contribution in [1.82, 2.24) is 10.6 Å². The number of carbonyl (C=O) groups excluding carboxylic acids is 3. The van der Waals surface area contributed by atoms with Crippen LogP contribution in [0.5, 0.6) is 5.75 Å². The fourth-order valence-electron chi connectivity index (χ4n) is 2.82. The van der Waals surface area contributed by atoms with Gasteiger partial charge in [-0.2, -0.15) is 0 Å². The first-order valence-electron chi connectivity index (χ1n) is 9.05. The molecule has 1 saturated carbocycles. The van der Waals surface area contributed by atoms with E-state index in [1.165, 1.54) is 13.3 Å². The molecule has 148 valence electrons. The van der Waals surface area contributed by atoms with Crippen molar-refractivity contribution in [2.24, 2.45) is 0 Å². The van der Waals surface area contributed by atoms with Crippen molar-refractivity contribution in [3.63, 3.8) is 0 Å². The molecule has 1 aliphatic rings. The summed E-state index contributed by atoms with van der Waals surface area (Å²) in [4.78, 5) is 35.7. The van der Waals surface area contributed by atoms with E-state index in [2.05, 4.69) is 10.6 Å². The van der Waals surface area contributed by atoms with Gasteiger partial charge in [-0.15, -0.1) is 0 Å². The van der Waals surface area contributed by atoms with Crippen LogP contribution in [0.25, 0.3) is 0 Å². The van der Waals surface area contributed by atoms with E-state index in [4.69, 9.17) is 21.1 Å². The number of hydrogen-bond donors (Lipinski definition) is 2. The Morgan fingerprint density at radius 1 is 1.22 bits per heavy atom. The second-order valence-corrected chi connectivity index (χ2v) is 7.06. The SMILES string of the molecule is Cc1ccc(Cl)c(OCC(=O)O[C@H](C)C(=O)NC(=O)NC2CCCCC2)c1. The molecule has 1 aromatic rings. The van der Waals surface area contributed by atoms with Crippen LogP contribution < -0.4 is 15.4 Å². The Labute approximate surface area is 163 Å². The fraction of sp³-hybridized carbons (Fsp3) is 0.526. The second-order valence-electron chi connectivity index (χ2n) is 6.65. The third-order valence-corrected chi connectivity index (χ3v) is 4.60. The smallest absolute Gasteiger partial charge is 0.344 e. The average molecular weight is 397 g/mol. The van der Waals surface area contributed by atoms with Crippen LogP contribution in [-0.4, -0.2) is 36.7 Å². The summed E-state index contributed by atoms with van der Waals surface area (Å²) in [5.41, 5.74) is 0.930. The molecule has 1 fully saturated rings. The third kappa shape index (κ3) is 7.09. The highest BCUT2D eigenvalue weighted by Crippen LogP contribution is 2.25. The molecule has 3 amide bonds. The van der Waals surface area contributed by atoms with E-state index < -0.39 is 30.6 Å². The van der Waals surface area contributed by atoms with Crippen molar-refractivity contribution in [3.05, 3.63) is 28.8 Å². The molecule has 0 heterocycles. The van der Waals surface area contributed by atoms with Crippen LogP contribution in [0, 0.1) is 6.92 Å². The van der Waals surface area contributed by atoms with Crippen molar-refractivity contribution in [1.29, 1.82) is 0 Å². The minimum absolute atomic E-state index is 0.0804. The molecular formula is C19H25ClN2O5. The van der Waals surface area contributed by atoms with Crippen molar-refractivity contribution in [2.75, 3.05) is 6.61 Å². The van der Waals surface area contributed by atoms with Gasteiger partial charge < -0.3 is 14.8 Å². The first kappa shape index (κ1) is 21.0. The van der Waals surface area contributed by atoms with Gasteiger partial charge in [0.05, 0.1) is 5.02 Å². The minimum Gasteiger partial charge on any atom is -0.480 e. The van der Waals surface area contributed by atoms with Gasteiger partial charge >= 0.3 is 12.0 Å². The zero-order valence-corrected chi connectivity index (χ0v) is 16.3. The van der Waals surface area contributed by atoms with Crippen LogP contribution in [0.3, 0.4) is 0 Å². The minimum atomic E-state index is -1.12. The maximum absolute atomic E-state index is 12.0. The van der Waals surface area contributed by atoms with Crippen LogP contribution >= 0.6 is 11.6 Å². The van der Waals surface area contributed by atoms with Gasteiger partial charge in [-0.1, -0.05) is 36.9 Å². The topological polar surface area (TPSA) is 93.7 Å².